The van der Waals surface area contributed by atoms with Crippen LogP contribution in [0.2, 0.25) is 0 Å². The molecule has 1 saturated carbocycles. The topological polar surface area (TPSA) is 63.4 Å². The molecule has 2 rings (SSSR count). The lowest BCUT2D eigenvalue weighted by molar-refractivity contribution is 0.421. The normalized spacial score (nSPS) is 15.9. The number of nitrogens with two attached hydrogens (primary N) is 1. The quantitative estimate of drug-likeness (QED) is 0.832. The van der Waals surface area contributed by atoms with Gasteiger partial charge in [-0.25, -0.2) is 8.42 Å². The van der Waals surface area contributed by atoms with Gasteiger partial charge in [-0.3, -0.25) is 0 Å². The second-order valence-corrected chi connectivity index (χ2v) is 6.66. The molecule has 6 heteroatoms. The van der Waals surface area contributed by atoms with Gasteiger partial charge in [-0.05, 0) is 25.0 Å². The largest absolute Gasteiger partial charge is 0.389 e. The number of hydrogen-bond donors (Lipinski definition) is 1. The highest BCUT2D eigenvalue weighted by Crippen LogP contribution is 2.31. The van der Waals surface area contributed by atoms with Gasteiger partial charge in [0.05, 0.1) is 4.90 Å². The van der Waals surface area contributed by atoms with Crippen molar-refractivity contribution in [2.45, 2.75) is 30.7 Å². The van der Waals surface area contributed by atoms with E-state index in [0.29, 0.717) is 12.1 Å². The van der Waals surface area contributed by atoms with Crippen LogP contribution in [0.5, 0.6) is 0 Å². The first-order chi connectivity index (χ1) is 8.46. The number of nitrogens with zero attached hydrogens (tertiary/aromatic N) is 1. The molecule has 1 aromatic carbocycles. The van der Waals surface area contributed by atoms with Gasteiger partial charge in [-0.15, -0.1) is 0 Å². The first kappa shape index (κ1) is 13.5. The van der Waals surface area contributed by atoms with Crippen LogP contribution in [0.3, 0.4) is 0 Å². The molecule has 0 heterocycles. The van der Waals surface area contributed by atoms with Crippen LogP contribution in [0.15, 0.2) is 29.2 Å². The molecule has 0 amide bonds. The highest BCUT2D eigenvalue weighted by Gasteiger charge is 2.36. The molecule has 1 aliphatic carbocycles. The molecule has 0 bridgehead atoms. The minimum absolute atomic E-state index is 0.161. The molecule has 0 spiro atoms. The molecule has 0 aromatic heterocycles. The zero-order valence-electron chi connectivity index (χ0n) is 10.2. The molecule has 2 N–H and O–H groups in total. The fourth-order valence-corrected chi connectivity index (χ4v) is 3.80. The van der Waals surface area contributed by atoms with Crippen LogP contribution in [-0.2, 0) is 10.0 Å². The minimum Gasteiger partial charge on any atom is -0.389 e. The van der Waals surface area contributed by atoms with E-state index in [0.717, 1.165) is 12.8 Å². The van der Waals surface area contributed by atoms with Crippen molar-refractivity contribution in [1.29, 1.82) is 0 Å². The van der Waals surface area contributed by atoms with Crippen LogP contribution in [0.4, 0.5) is 0 Å². The lowest BCUT2D eigenvalue weighted by Gasteiger charge is -2.20. The van der Waals surface area contributed by atoms with Crippen molar-refractivity contribution in [3.8, 4) is 0 Å². The molecule has 0 atom stereocenters. The van der Waals surface area contributed by atoms with Gasteiger partial charge >= 0.3 is 0 Å². The van der Waals surface area contributed by atoms with E-state index in [1.165, 1.54) is 0 Å². The number of rotatable bonds is 5. The molecular formula is C12H16N2O2S2. The van der Waals surface area contributed by atoms with Gasteiger partial charge in [0.15, 0.2) is 0 Å². The van der Waals surface area contributed by atoms with E-state index in [9.17, 15) is 8.42 Å². The van der Waals surface area contributed by atoms with Crippen molar-refractivity contribution in [2.24, 2.45) is 5.73 Å². The van der Waals surface area contributed by atoms with Gasteiger partial charge in [0.2, 0.25) is 10.0 Å². The highest BCUT2D eigenvalue weighted by molar-refractivity contribution is 7.89. The Labute approximate surface area is 113 Å². The van der Waals surface area contributed by atoms with Crippen LogP contribution >= 0.6 is 12.2 Å². The fourth-order valence-electron chi connectivity index (χ4n) is 1.93. The van der Waals surface area contributed by atoms with Gasteiger partial charge in [-0.1, -0.05) is 31.3 Å². The smallest absolute Gasteiger partial charge is 0.243 e. The summed E-state index contributed by atoms with van der Waals surface area (Å²) in [5.74, 6) is 0. The summed E-state index contributed by atoms with van der Waals surface area (Å²) < 4.78 is 26.5. The number of thiocarbonyl (C=S) groups is 1. The van der Waals surface area contributed by atoms with Crippen molar-refractivity contribution in [2.75, 3.05) is 6.54 Å². The van der Waals surface area contributed by atoms with Crippen molar-refractivity contribution in [1.82, 2.24) is 4.31 Å². The third-order valence-corrected chi connectivity index (χ3v) is 5.25. The van der Waals surface area contributed by atoms with E-state index >= 15 is 0 Å². The summed E-state index contributed by atoms with van der Waals surface area (Å²) in [5.41, 5.74) is 6.11. The van der Waals surface area contributed by atoms with Gasteiger partial charge in [0.1, 0.15) is 4.99 Å². The van der Waals surface area contributed by atoms with Crippen molar-refractivity contribution in [3.05, 3.63) is 29.8 Å². The first-order valence-corrected chi connectivity index (χ1v) is 7.73. The van der Waals surface area contributed by atoms with Gasteiger partial charge < -0.3 is 5.73 Å². The van der Waals surface area contributed by atoms with E-state index in [1.54, 1.807) is 28.6 Å². The van der Waals surface area contributed by atoms with Crippen LogP contribution in [0.25, 0.3) is 0 Å². The average Bonchev–Trinajstić information content (AvgIpc) is 3.14. The summed E-state index contributed by atoms with van der Waals surface area (Å²) in [5, 5.41) is 0. The van der Waals surface area contributed by atoms with Gasteiger partial charge in [0, 0.05) is 18.2 Å². The van der Waals surface area contributed by atoms with Crippen LogP contribution in [0.1, 0.15) is 25.3 Å². The Bertz CT molecular complexity index is 565. The maximum atomic E-state index is 12.5. The number of benzene rings is 1. The van der Waals surface area contributed by atoms with E-state index in [2.05, 4.69) is 0 Å². The molecule has 18 heavy (non-hydrogen) atoms. The first-order valence-electron chi connectivity index (χ1n) is 5.88. The third-order valence-electron chi connectivity index (χ3n) is 2.99. The summed E-state index contributed by atoms with van der Waals surface area (Å²) in [6.07, 6.45) is 1.89. The lowest BCUT2D eigenvalue weighted by atomic mass is 10.2. The Balaban J connectivity index is 2.40. The Morgan fingerprint density at radius 1 is 1.50 bits per heavy atom. The summed E-state index contributed by atoms with van der Waals surface area (Å²) in [6.45, 7) is 2.34. The Morgan fingerprint density at radius 2 is 2.17 bits per heavy atom. The van der Waals surface area contributed by atoms with E-state index in [4.69, 9.17) is 18.0 Å². The Hall–Kier alpha value is -0.980. The second kappa shape index (κ2) is 4.95. The third kappa shape index (κ3) is 2.55. The monoisotopic (exact) mass is 284 g/mol. The molecule has 98 valence electrons. The minimum atomic E-state index is -3.43. The molecule has 0 unspecified atom stereocenters. The molecule has 0 saturated heterocycles. The summed E-state index contributed by atoms with van der Waals surface area (Å²) >= 11 is 4.87. The maximum absolute atomic E-state index is 12.5. The number of hydrogen-bond acceptors (Lipinski definition) is 3. The van der Waals surface area contributed by atoms with E-state index in [1.807, 2.05) is 6.92 Å². The predicted molar refractivity (Wildman–Crippen MR) is 74.9 cm³/mol. The van der Waals surface area contributed by atoms with Crippen molar-refractivity contribution in [3.63, 3.8) is 0 Å². The average molecular weight is 284 g/mol. The summed E-state index contributed by atoms with van der Waals surface area (Å²) in [7, 11) is -3.43. The van der Waals surface area contributed by atoms with Gasteiger partial charge in [-0.2, -0.15) is 4.31 Å². The number of sulfonamides is 1. The van der Waals surface area contributed by atoms with Crippen LogP contribution in [-0.4, -0.2) is 30.3 Å². The second-order valence-electron chi connectivity index (χ2n) is 4.33. The molecule has 1 fully saturated rings. The fraction of sp³-hybridized carbons (Fsp3) is 0.417. The Morgan fingerprint density at radius 3 is 2.67 bits per heavy atom. The zero-order chi connectivity index (χ0) is 13.3. The molecule has 4 nitrogen and oxygen atoms in total. The van der Waals surface area contributed by atoms with Crippen molar-refractivity contribution < 1.29 is 8.42 Å². The maximum Gasteiger partial charge on any atom is 0.243 e. The molecule has 0 aliphatic heterocycles. The van der Waals surface area contributed by atoms with E-state index in [-0.39, 0.29) is 15.9 Å². The van der Waals surface area contributed by atoms with Crippen LogP contribution in [0, 0.1) is 0 Å². The summed E-state index contributed by atoms with van der Waals surface area (Å²) in [6, 6.07) is 6.68. The SMILES string of the molecule is CCN(C1CC1)S(=O)(=O)c1cccc(C(N)=S)c1. The molecule has 0 radical (unpaired) electrons. The Kier molecular flexibility index (Phi) is 3.70. The van der Waals surface area contributed by atoms with Gasteiger partial charge in [0.25, 0.3) is 0 Å². The highest BCUT2D eigenvalue weighted by atomic mass is 32.2. The molecule has 1 aliphatic rings. The van der Waals surface area contributed by atoms with E-state index < -0.39 is 10.0 Å². The molecular weight excluding hydrogens is 268 g/mol. The standard InChI is InChI=1S/C12H16N2O2S2/c1-2-14(10-6-7-10)18(15,16)11-5-3-4-9(8-11)12(13)17/h3-5,8,10H,2,6-7H2,1H3,(H2,13,17). The van der Waals surface area contributed by atoms with Crippen molar-refractivity contribution >= 4 is 27.2 Å². The summed E-state index contributed by atoms with van der Waals surface area (Å²) in [4.78, 5) is 0.475. The zero-order valence-corrected chi connectivity index (χ0v) is 11.8. The molecule has 1 aromatic rings. The predicted octanol–water partition coefficient (Wildman–Crippen LogP) is 1.49. The lowest BCUT2D eigenvalue weighted by Crippen LogP contribution is -2.33. The van der Waals surface area contributed by atoms with Crippen LogP contribution < -0.4 is 5.73 Å².